The topological polar surface area (TPSA) is 107 Å². The largest absolute Gasteiger partial charge is 0.479 e. The van der Waals surface area contributed by atoms with Crippen LogP contribution in [0, 0.1) is 0 Å². The number of rotatable bonds is 5. The monoisotopic (exact) mass is 306 g/mol. The van der Waals surface area contributed by atoms with Crippen molar-refractivity contribution < 1.29 is 24.6 Å². The van der Waals surface area contributed by atoms with Crippen LogP contribution in [0.25, 0.3) is 0 Å². The Labute approximate surface area is 127 Å². The van der Waals surface area contributed by atoms with Crippen LogP contribution < -0.4 is 10.2 Å². The smallest absolute Gasteiger partial charge is 0.337 e. The molecule has 1 heterocycles. The zero-order valence-electron chi connectivity index (χ0n) is 12.2. The summed E-state index contributed by atoms with van der Waals surface area (Å²) in [5, 5.41) is 20.8. The Kier molecular flexibility index (Phi) is 4.46. The Morgan fingerprint density at radius 2 is 2.14 bits per heavy atom. The van der Waals surface area contributed by atoms with Crippen LogP contribution in [0.4, 0.5) is 5.69 Å². The molecule has 1 unspecified atom stereocenters. The summed E-state index contributed by atoms with van der Waals surface area (Å²) in [5.41, 5.74) is -1.09. The molecule has 0 aromatic heterocycles. The lowest BCUT2D eigenvalue weighted by Gasteiger charge is -2.19. The first kappa shape index (κ1) is 16.0. The van der Waals surface area contributed by atoms with E-state index in [2.05, 4.69) is 5.32 Å². The van der Waals surface area contributed by atoms with Gasteiger partial charge in [-0.25, -0.2) is 4.79 Å². The highest BCUT2D eigenvalue weighted by Gasteiger charge is 2.30. The third-order valence-corrected chi connectivity index (χ3v) is 3.55. The quantitative estimate of drug-likeness (QED) is 0.729. The molecule has 0 bridgehead atoms. The van der Waals surface area contributed by atoms with Crippen molar-refractivity contribution in [2.45, 2.75) is 25.4 Å². The van der Waals surface area contributed by atoms with Crippen molar-refractivity contribution in [2.24, 2.45) is 0 Å². The highest BCUT2D eigenvalue weighted by atomic mass is 16.4. The van der Waals surface area contributed by atoms with Gasteiger partial charge < -0.3 is 20.4 Å². The summed E-state index contributed by atoms with van der Waals surface area (Å²) in [6, 6.07) is 6.54. The van der Waals surface area contributed by atoms with Crippen molar-refractivity contribution in [3.05, 3.63) is 29.8 Å². The predicted molar refractivity (Wildman–Crippen MR) is 78.6 cm³/mol. The lowest BCUT2D eigenvalue weighted by Crippen LogP contribution is -2.46. The number of hydrogen-bond donors (Lipinski definition) is 3. The molecular formula is C15H18N2O5. The minimum Gasteiger partial charge on any atom is -0.479 e. The Morgan fingerprint density at radius 1 is 1.41 bits per heavy atom. The van der Waals surface area contributed by atoms with Crippen molar-refractivity contribution in [3.8, 4) is 0 Å². The zero-order chi connectivity index (χ0) is 16.3. The number of nitrogens with zero attached hydrogens (tertiary/aromatic N) is 1. The molecule has 1 atom stereocenters. The number of aliphatic carboxylic acids is 1. The minimum absolute atomic E-state index is 0.0198. The molecule has 7 nitrogen and oxygen atoms in total. The molecule has 1 fully saturated rings. The van der Waals surface area contributed by atoms with E-state index in [0.29, 0.717) is 24.2 Å². The second-order valence-electron chi connectivity index (χ2n) is 5.46. The maximum atomic E-state index is 12.0. The van der Waals surface area contributed by atoms with E-state index >= 15 is 0 Å². The molecule has 1 saturated heterocycles. The second-order valence-corrected chi connectivity index (χ2v) is 5.46. The molecule has 0 radical (unpaired) electrons. The van der Waals surface area contributed by atoms with Gasteiger partial charge in [-0.05, 0) is 31.5 Å². The number of carboxylic acids is 1. The van der Waals surface area contributed by atoms with Crippen molar-refractivity contribution in [2.75, 3.05) is 18.0 Å². The van der Waals surface area contributed by atoms with Crippen LogP contribution in [0.15, 0.2) is 24.3 Å². The Hall–Kier alpha value is -2.41. The van der Waals surface area contributed by atoms with Crippen LogP contribution >= 0.6 is 0 Å². The standard InChI is InChI=1S/C15H18N2O5/c1-15(22,14(20)21)9-16-13(19)10-4-2-5-11(8-10)17-7-3-6-12(17)18/h2,4-5,8,22H,3,6-7,9H2,1H3,(H,16,19)(H,20,21). The summed E-state index contributed by atoms with van der Waals surface area (Å²) in [6.07, 6.45) is 1.29. The molecule has 1 aromatic carbocycles. The summed E-state index contributed by atoms with van der Waals surface area (Å²) in [5.74, 6) is -1.90. The van der Waals surface area contributed by atoms with E-state index in [4.69, 9.17) is 5.11 Å². The van der Waals surface area contributed by atoms with Gasteiger partial charge >= 0.3 is 5.97 Å². The summed E-state index contributed by atoms with van der Waals surface area (Å²) in [4.78, 5) is 36.2. The number of anilines is 1. The molecule has 1 aromatic rings. The normalized spacial score (nSPS) is 17.2. The molecule has 1 aliphatic rings. The van der Waals surface area contributed by atoms with E-state index in [1.807, 2.05) is 0 Å². The molecule has 3 N–H and O–H groups in total. The fraction of sp³-hybridized carbons (Fsp3) is 0.400. The molecule has 0 aliphatic carbocycles. The fourth-order valence-electron chi connectivity index (χ4n) is 2.17. The first-order valence-electron chi connectivity index (χ1n) is 6.96. The van der Waals surface area contributed by atoms with E-state index in [1.165, 1.54) is 0 Å². The van der Waals surface area contributed by atoms with Crippen molar-refractivity contribution in [1.29, 1.82) is 0 Å². The first-order chi connectivity index (χ1) is 10.3. The number of carbonyl (C=O) groups excluding carboxylic acids is 2. The van der Waals surface area contributed by atoms with E-state index in [0.717, 1.165) is 13.3 Å². The number of carboxylic acid groups (broad SMARTS) is 1. The summed E-state index contributed by atoms with van der Waals surface area (Å²) < 4.78 is 0. The van der Waals surface area contributed by atoms with E-state index < -0.39 is 24.0 Å². The van der Waals surface area contributed by atoms with Gasteiger partial charge in [0.05, 0.1) is 6.54 Å². The molecule has 2 rings (SSSR count). The van der Waals surface area contributed by atoms with Crippen molar-refractivity contribution in [1.82, 2.24) is 5.32 Å². The van der Waals surface area contributed by atoms with Gasteiger partial charge in [0, 0.05) is 24.2 Å². The van der Waals surface area contributed by atoms with E-state index in [1.54, 1.807) is 29.2 Å². The van der Waals surface area contributed by atoms with Crippen LogP contribution in [0.2, 0.25) is 0 Å². The van der Waals surface area contributed by atoms with Gasteiger partial charge in [-0.1, -0.05) is 6.07 Å². The summed E-state index contributed by atoms with van der Waals surface area (Å²) in [6.45, 7) is 1.32. The van der Waals surface area contributed by atoms with E-state index in [-0.39, 0.29) is 5.91 Å². The number of hydrogen-bond acceptors (Lipinski definition) is 4. The minimum atomic E-state index is -2.03. The number of carbonyl (C=O) groups is 3. The first-order valence-corrected chi connectivity index (χ1v) is 6.96. The number of benzene rings is 1. The molecule has 22 heavy (non-hydrogen) atoms. The van der Waals surface area contributed by atoms with E-state index in [9.17, 15) is 19.5 Å². The SMILES string of the molecule is CC(O)(CNC(=O)c1cccc(N2CCCC2=O)c1)C(=O)O. The lowest BCUT2D eigenvalue weighted by atomic mass is 10.1. The Balaban J connectivity index is 2.07. The summed E-state index contributed by atoms with van der Waals surface area (Å²) >= 11 is 0. The van der Waals surface area contributed by atoms with Crippen LogP contribution in [0.3, 0.4) is 0 Å². The molecule has 7 heteroatoms. The number of aliphatic hydroxyl groups is 1. The van der Waals surface area contributed by atoms with Crippen LogP contribution in [0.1, 0.15) is 30.1 Å². The highest BCUT2D eigenvalue weighted by Crippen LogP contribution is 2.22. The molecule has 118 valence electrons. The van der Waals surface area contributed by atoms with Crippen molar-refractivity contribution in [3.63, 3.8) is 0 Å². The number of nitrogens with one attached hydrogen (secondary N) is 1. The van der Waals surface area contributed by atoms with Gasteiger partial charge in [-0.3, -0.25) is 9.59 Å². The summed E-state index contributed by atoms with van der Waals surface area (Å²) in [7, 11) is 0. The van der Waals surface area contributed by atoms with Gasteiger partial charge in [0.25, 0.3) is 5.91 Å². The molecule has 1 aliphatic heterocycles. The van der Waals surface area contributed by atoms with Crippen LogP contribution in [0.5, 0.6) is 0 Å². The molecule has 2 amide bonds. The van der Waals surface area contributed by atoms with Gasteiger partial charge in [-0.2, -0.15) is 0 Å². The van der Waals surface area contributed by atoms with Gasteiger partial charge in [0.1, 0.15) is 0 Å². The van der Waals surface area contributed by atoms with Crippen LogP contribution in [-0.2, 0) is 9.59 Å². The Morgan fingerprint density at radius 3 is 2.73 bits per heavy atom. The fourth-order valence-corrected chi connectivity index (χ4v) is 2.17. The third-order valence-electron chi connectivity index (χ3n) is 3.55. The average Bonchev–Trinajstić information content (AvgIpc) is 2.91. The van der Waals surface area contributed by atoms with Crippen molar-refractivity contribution >= 4 is 23.5 Å². The van der Waals surface area contributed by atoms with Gasteiger partial charge in [0.15, 0.2) is 5.60 Å². The second kappa shape index (κ2) is 6.15. The predicted octanol–water partition coefficient (Wildman–Crippen LogP) is 0.379. The number of amides is 2. The maximum absolute atomic E-state index is 12.0. The average molecular weight is 306 g/mol. The molecule has 0 spiro atoms. The zero-order valence-corrected chi connectivity index (χ0v) is 12.2. The lowest BCUT2D eigenvalue weighted by molar-refractivity contribution is -0.155. The molecule has 0 saturated carbocycles. The van der Waals surface area contributed by atoms with Gasteiger partial charge in [-0.15, -0.1) is 0 Å². The highest BCUT2D eigenvalue weighted by molar-refractivity contribution is 5.99. The third kappa shape index (κ3) is 3.43. The molecular weight excluding hydrogens is 288 g/mol. The maximum Gasteiger partial charge on any atom is 0.337 e. The Bertz CT molecular complexity index is 612. The van der Waals surface area contributed by atoms with Gasteiger partial charge in [0.2, 0.25) is 5.91 Å². The van der Waals surface area contributed by atoms with Crippen LogP contribution in [-0.4, -0.2) is 46.7 Å².